The van der Waals surface area contributed by atoms with Crippen molar-refractivity contribution in [2.24, 2.45) is 0 Å². The van der Waals surface area contributed by atoms with E-state index in [-0.39, 0.29) is 5.91 Å². The second-order valence-electron chi connectivity index (χ2n) is 6.04. The van der Waals surface area contributed by atoms with Gasteiger partial charge in [-0.15, -0.1) is 0 Å². The quantitative estimate of drug-likeness (QED) is 0.744. The lowest BCUT2D eigenvalue weighted by molar-refractivity contribution is 0.0955. The molecule has 0 atom stereocenters. The molecule has 130 valence electrons. The summed E-state index contributed by atoms with van der Waals surface area (Å²) < 4.78 is 5.76. The Balaban J connectivity index is 1.68. The predicted octanol–water partition coefficient (Wildman–Crippen LogP) is 3.02. The number of nitrogens with zero attached hydrogens (tertiary/aromatic N) is 2. The van der Waals surface area contributed by atoms with Gasteiger partial charge in [0, 0.05) is 24.2 Å². The Morgan fingerprint density at radius 3 is 2.75 bits per heavy atom. The molecule has 0 fully saturated rings. The maximum absolute atomic E-state index is 12.1. The van der Waals surface area contributed by atoms with E-state index >= 15 is 0 Å². The summed E-state index contributed by atoms with van der Waals surface area (Å²) in [6.45, 7) is 5.33. The van der Waals surface area contributed by atoms with Crippen LogP contribution < -0.4 is 5.32 Å². The number of thioether (sulfide) groups is 1. The van der Waals surface area contributed by atoms with Crippen molar-refractivity contribution in [2.75, 3.05) is 26.4 Å². The third-order valence-electron chi connectivity index (χ3n) is 3.57. The lowest BCUT2D eigenvalue weighted by atomic mass is 10.1. The molecule has 2 heterocycles. The summed E-state index contributed by atoms with van der Waals surface area (Å²) in [6, 6.07) is 5.91. The molecule has 2 aromatic heterocycles. The highest BCUT2D eigenvalue weighted by Gasteiger charge is 2.07. The fourth-order valence-corrected chi connectivity index (χ4v) is 2.92. The van der Waals surface area contributed by atoms with Gasteiger partial charge in [-0.2, -0.15) is 11.8 Å². The van der Waals surface area contributed by atoms with E-state index in [4.69, 9.17) is 4.42 Å². The van der Waals surface area contributed by atoms with Crippen LogP contribution in [-0.2, 0) is 12.3 Å². The van der Waals surface area contributed by atoms with Crippen LogP contribution in [0, 0.1) is 13.8 Å². The average molecular weight is 347 g/mol. The first-order valence-electron chi connectivity index (χ1n) is 7.97. The number of pyridine rings is 1. The van der Waals surface area contributed by atoms with Crippen molar-refractivity contribution in [1.82, 2.24) is 15.2 Å². The van der Waals surface area contributed by atoms with Gasteiger partial charge < -0.3 is 14.6 Å². The molecule has 0 aliphatic rings. The number of rotatable bonds is 8. The largest absolute Gasteiger partial charge is 0.464 e. The van der Waals surface area contributed by atoms with E-state index < -0.39 is 0 Å². The molecule has 0 unspecified atom stereocenters. The molecule has 2 rings (SSSR count). The van der Waals surface area contributed by atoms with Gasteiger partial charge in [0.05, 0.1) is 17.9 Å². The van der Waals surface area contributed by atoms with E-state index in [0.29, 0.717) is 12.1 Å². The van der Waals surface area contributed by atoms with Crippen LogP contribution in [0.5, 0.6) is 0 Å². The summed E-state index contributed by atoms with van der Waals surface area (Å²) >= 11 is 1.74. The Kier molecular flexibility index (Phi) is 6.87. The summed E-state index contributed by atoms with van der Waals surface area (Å²) in [5.41, 5.74) is 2.60. The van der Waals surface area contributed by atoms with Crippen molar-refractivity contribution in [3.8, 4) is 0 Å². The molecule has 24 heavy (non-hydrogen) atoms. The standard InChI is InChI=1S/C18H25N3O2S/c1-13-9-15(10-20-14(13)2)18(22)19-7-8-24-12-17-6-5-16(23-17)11-21(3)4/h5-6,9-10H,7-8,11-12H2,1-4H3,(H,19,22). The minimum absolute atomic E-state index is 0.0718. The highest BCUT2D eigenvalue weighted by Crippen LogP contribution is 2.16. The van der Waals surface area contributed by atoms with Crippen molar-refractivity contribution in [1.29, 1.82) is 0 Å². The normalized spacial score (nSPS) is 11.0. The molecule has 0 bridgehead atoms. The van der Waals surface area contributed by atoms with Gasteiger partial charge in [-0.05, 0) is 51.7 Å². The predicted molar refractivity (Wildman–Crippen MR) is 98.3 cm³/mol. The van der Waals surface area contributed by atoms with E-state index in [1.165, 1.54) is 0 Å². The van der Waals surface area contributed by atoms with E-state index in [0.717, 1.165) is 40.8 Å². The van der Waals surface area contributed by atoms with Crippen LogP contribution in [0.3, 0.4) is 0 Å². The number of amides is 1. The Labute approximate surface area is 147 Å². The third kappa shape index (κ3) is 5.69. The van der Waals surface area contributed by atoms with Crippen molar-refractivity contribution < 1.29 is 9.21 Å². The van der Waals surface area contributed by atoms with Gasteiger partial charge in [-0.25, -0.2) is 0 Å². The Morgan fingerprint density at radius 2 is 2.04 bits per heavy atom. The highest BCUT2D eigenvalue weighted by atomic mass is 32.2. The molecule has 0 radical (unpaired) electrons. The number of hydrogen-bond acceptors (Lipinski definition) is 5. The van der Waals surface area contributed by atoms with Crippen LogP contribution in [0.2, 0.25) is 0 Å². The Morgan fingerprint density at radius 1 is 1.29 bits per heavy atom. The van der Waals surface area contributed by atoms with E-state index in [1.54, 1.807) is 18.0 Å². The van der Waals surface area contributed by atoms with E-state index in [2.05, 4.69) is 15.2 Å². The van der Waals surface area contributed by atoms with Gasteiger partial charge in [0.25, 0.3) is 5.91 Å². The van der Waals surface area contributed by atoms with Crippen LogP contribution in [0.15, 0.2) is 28.8 Å². The molecule has 0 saturated carbocycles. The van der Waals surface area contributed by atoms with Crippen molar-refractivity contribution in [3.63, 3.8) is 0 Å². The van der Waals surface area contributed by atoms with Crippen LogP contribution >= 0.6 is 11.8 Å². The van der Waals surface area contributed by atoms with Gasteiger partial charge in [0.15, 0.2) is 0 Å². The number of aromatic nitrogens is 1. The maximum atomic E-state index is 12.1. The zero-order chi connectivity index (χ0) is 17.5. The molecular weight excluding hydrogens is 322 g/mol. The summed E-state index contributed by atoms with van der Waals surface area (Å²) in [7, 11) is 4.04. The Bertz CT molecular complexity index is 683. The van der Waals surface area contributed by atoms with Crippen LogP contribution in [-0.4, -0.2) is 42.2 Å². The fraction of sp³-hybridized carbons (Fsp3) is 0.444. The fourth-order valence-electron chi connectivity index (χ4n) is 2.18. The van der Waals surface area contributed by atoms with Gasteiger partial charge in [0.2, 0.25) is 0 Å². The van der Waals surface area contributed by atoms with Crippen molar-refractivity contribution in [2.45, 2.75) is 26.1 Å². The lowest BCUT2D eigenvalue weighted by Gasteiger charge is -2.07. The van der Waals surface area contributed by atoms with Gasteiger partial charge in [-0.3, -0.25) is 9.78 Å². The van der Waals surface area contributed by atoms with Gasteiger partial charge in [-0.1, -0.05) is 0 Å². The van der Waals surface area contributed by atoms with E-state index in [1.807, 2.05) is 46.1 Å². The molecule has 0 spiro atoms. The smallest absolute Gasteiger partial charge is 0.252 e. The summed E-state index contributed by atoms with van der Waals surface area (Å²) in [4.78, 5) is 18.4. The van der Waals surface area contributed by atoms with Crippen molar-refractivity contribution >= 4 is 17.7 Å². The molecule has 0 aliphatic carbocycles. The van der Waals surface area contributed by atoms with E-state index in [9.17, 15) is 4.79 Å². The maximum Gasteiger partial charge on any atom is 0.252 e. The third-order valence-corrected chi connectivity index (χ3v) is 4.55. The molecule has 5 nitrogen and oxygen atoms in total. The number of carbonyl (C=O) groups is 1. The molecule has 0 saturated heterocycles. The summed E-state index contributed by atoms with van der Waals surface area (Å²) in [6.07, 6.45) is 1.62. The van der Waals surface area contributed by atoms with Crippen molar-refractivity contribution in [3.05, 3.63) is 52.7 Å². The monoisotopic (exact) mass is 347 g/mol. The molecule has 1 N–H and O–H groups in total. The number of aryl methyl sites for hydroxylation is 2. The first-order valence-corrected chi connectivity index (χ1v) is 9.12. The summed E-state index contributed by atoms with van der Waals surface area (Å²) in [5, 5.41) is 2.93. The number of nitrogens with one attached hydrogen (secondary N) is 1. The molecule has 0 aliphatic heterocycles. The lowest BCUT2D eigenvalue weighted by Crippen LogP contribution is -2.26. The van der Waals surface area contributed by atoms with Gasteiger partial charge in [0.1, 0.15) is 11.5 Å². The zero-order valence-electron chi connectivity index (χ0n) is 14.8. The summed E-state index contributed by atoms with van der Waals surface area (Å²) in [5.74, 6) is 3.53. The minimum Gasteiger partial charge on any atom is -0.464 e. The molecule has 1 amide bonds. The molecule has 2 aromatic rings. The number of hydrogen-bond donors (Lipinski definition) is 1. The van der Waals surface area contributed by atoms with Crippen LogP contribution in [0.4, 0.5) is 0 Å². The van der Waals surface area contributed by atoms with Crippen LogP contribution in [0.25, 0.3) is 0 Å². The van der Waals surface area contributed by atoms with Gasteiger partial charge >= 0.3 is 0 Å². The topological polar surface area (TPSA) is 58.4 Å². The molecule has 6 heteroatoms. The number of furan rings is 1. The number of carbonyl (C=O) groups excluding carboxylic acids is 1. The molecule has 0 aromatic carbocycles. The highest BCUT2D eigenvalue weighted by molar-refractivity contribution is 7.98. The van der Waals surface area contributed by atoms with Crippen LogP contribution in [0.1, 0.15) is 33.1 Å². The Hall–Kier alpha value is -1.79. The first-order chi connectivity index (χ1) is 11.5. The molecular formula is C18H25N3O2S. The average Bonchev–Trinajstić information content (AvgIpc) is 2.96. The first kappa shape index (κ1) is 18.5. The second kappa shape index (κ2) is 8.89. The zero-order valence-corrected chi connectivity index (χ0v) is 15.6. The second-order valence-corrected chi connectivity index (χ2v) is 7.15. The SMILES string of the molecule is Cc1cc(C(=O)NCCSCc2ccc(CN(C)C)o2)cnc1C. The minimum atomic E-state index is -0.0718.